The minimum absolute atomic E-state index is 0.00269. The number of carbonyl (C=O) groups is 2. The van der Waals surface area contributed by atoms with Gasteiger partial charge in [0.15, 0.2) is 5.60 Å². The van der Waals surface area contributed by atoms with Crippen LogP contribution >= 0.6 is 0 Å². The van der Waals surface area contributed by atoms with Gasteiger partial charge < -0.3 is 15.4 Å². The summed E-state index contributed by atoms with van der Waals surface area (Å²) in [5.41, 5.74) is 6.45. The van der Waals surface area contributed by atoms with Crippen molar-refractivity contribution in [2.24, 2.45) is 5.73 Å². The first-order valence-corrected chi connectivity index (χ1v) is 8.39. The first kappa shape index (κ1) is 18.3. The van der Waals surface area contributed by atoms with Gasteiger partial charge in [-0.25, -0.2) is 0 Å². The lowest BCUT2D eigenvalue weighted by Gasteiger charge is -2.39. The monoisotopic (exact) mass is 333 g/mol. The van der Waals surface area contributed by atoms with E-state index < -0.39 is 5.60 Å². The Morgan fingerprint density at radius 3 is 2.50 bits per heavy atom. The lowest BCUT2D eigenvalue weighted by Crippen LogP contribution is -2.55. The number of nitrogens with two attached hydrogens (primary N) is 1. The molecule has 0 radical (unpaired) electrons. The predicted molar refractivity (Wildman–Crippen MR) is 94.0 cm³/mol. The summed E-state index contributed by atoms with van der Waals surface area (Å²) in [6.45, 7) is 10.4. The van der Waals surface area contributed by atoms with E-state index in [2.05, 4.69) is 0 Å². The van der Waals surface area contributed by atoms with Gasteiger partial charge in [-0.2, -0.15) is 0 Å². The summed E-state index contributed by atoms with van der Waals surface area (Å²) in [4.78, 5) is 28.6. The van der Waals surface area contributed by atoms with Crippen LogP contribution < -0.4 is 15.4 Å². The second-order valence-corrected chi connectivity index (χ2v) is 6.59. The van der Waals surface area contributed by atoms with Crippen molar-refractivity contribution in [3.8, 4) is 5.75 Å². The Labute approximate surface area is 143 Å². The molecule has 132 valence electrons. The third-order valence-corrected chi connectivity index (χ3v) is 4.33. The molecule has 1 aliphatic heterocycles. The number of amides is 2. The van der Waals surface area contributed by atoms with Crippen LogP contribution in [0.15, 0.2) is 18.2 Å². The molecule has 1 heterocycles. The second kappa shape index (κ2) is 6.81. The number of rotatable bonds is 5. The van der Waals surface area contributed by atoms with Crippen molar-refractivity contribution >= 4 is 17.5 Å². The smallest absolute Gasteiger partial charge is 0.271 e. The van der Waals surface area contributed by atoms with Crippen LogP contribution in [-0.4, -0.2) is 41.9 Å². The predicted octanol–water partition coefficient (Wildman–Crippen LogP) is 2.08. The molecule has 1 aromatic rings. The number of anilines is 1. The van der Waals surface area contributed by atoms with Gasteiger partial charge in [0, 0.05) is 19.1 Å². The summed E-state index contributed by atoms with van der Waals surface area (Å²) in [5.74, 6) is 0.289. The Kier molecular flexibility index (Phi) is 5.18. The summed E-state index contributed by atoms with van der Waals surface area (Å²) in [5, 5.41) is 0. The van der Waals surface area contributed by atoms with Gasteiger partial charge in [0.2, 0.25) is 5.91 Å². The van der Waals surface area contributed by atoms with E-state index in [-0.39, 0.29) is 24.4 Å². The summed E-state index contributed by atoms with van der Waals surface area (Å²) in [6, 6.07) is 5.38. The molecule has 1 aromatic carbocycles. The molecule has 6 nitrogen and oxygen atoms in total. The van der Waals surface area contributed by atoms with E-state index in [0.717, 1.165) is 5.56 Å². The summed E-state index contributed by atoms with van der Waals surface area (Å²) >= 11 is 0. The third kappa shape index (κ3) is 3.38. The molecule has 6 heteroatoms. The van der Waals surface area contributed by atoms with E-state index in [1.54, 1.807) is 18.7 Å². The van der Waals surface area contributed by atoms with E-state index in [9.17, 15) is 9.59 Å². The van der Waals surface area contributed by atoms with Crippen LogP contribution in [0.2, 0.25) is 0 Å². The molecule has 0 fully saturated rings. The molecule has 0 saturated carbocycles. The van der Waals surface area contributed by atoms with Crippen LogP contribution in [0.4, 0.5) is 5.69 Å². The SMILES string of the molecule is CCN(CC)C(=O)CN1C(=O)C(C)(C)Oc2ccc(C(C)N)cc21. The maximum Gasteiger partial charge on any atom is 0.271 e. The molecule has 1 atom stereocenters. The molecule has 0 saturated heterocycles. The largest absolute Gasteiger partial charge is 0.476 e. The molecule has 0 spiro atoms. The highest BCUT2D eigenvalue weighted by molar-refractivity contribution is 6.05. The van der Waals surface area contributed by atoms with Gasteiger partial charge in [-0.1, -0.05) is 6.07 Å². The van der Waals surface area contributed by atoms with Crippen LogP contribution in [-0.2, 0) is 9.59 Å². The van der Waals surface area contributed by atoms with Crippen molar-refractivity contribution in [2.75, 3.05) is 24.5 Å². The third-order valence-electron chi connectivity index (χ3n) is 4.33. The average molecular weight is 333 g/mol. The summed E-state index contributed by atoms with van der Waals surface area (Å²) in [6.07, 6.45) is 0. The van der Waals surface area contributed by atoms with Crippen molar-refractivity contribution in [1.29, 1.82) is 0 Å². The van der Waals surface area contributed by atoms with Gasteiger partial charge in [-0.05, 0) is 52.3 Å². The molecule has 0 aromatic heterocycles. The van der Waals surface area contributed by atoms with Crippen LogP contribution in [0.3, 0.4) is 0 Å². The lowest BCUT2D eigenvalue weighted by atomic mass is 10.0. The Bertz CT molecular complexity index is 636. The summed E-state index contributed by atoms with van der Waals surface area (Å²) in [7, 11) is 0. The normalized spacial score (nSPS) is 17.1. The van der Waals surface area contributed by atoms with Crippen LogP contribution in [0, 0.1) is 0 Å². The van der Waals surface area contributed by atoms with Gasteiger partial charge in [-0.15, -0.1) is 0 Å². The highest BCUT2D eigenvalue weighted by atomic mass is 16.5. The Balaban J connectivity index is 2.43. The first-order chi connectivity index (χ1) is 11.2. The number of ether oxygens (including phenoxy) is 1. The van der Waals surface area contributed by atoms with Crippen molar-refractivity contribution in [1.82, 2.24) is 4.90 Å². The number of carbonyl (C=O) groups excluding carboxylic acids is 2. The van der Waals surface area contributed by atoms with Crippen molar-refractivity contribution in [3.63, 3.8) is 0 Å². The molecule has 0 bridgehead atoms. The molecular weight excluding hydrogens is 306 g/mol. The first-order valence-electron chi connectivity index (χ1n) is 8.39. The number of nitrogens with zero attached hydrogens (tertiary/aromatic N) is 2. The summed E-state index contributed by atoms with van der Waals surface area (Å²) < 4.78 is 5.83. The quantitative estimate of drug-likeness (QED) is 0.895. The molecule has 2 amide bonds. The zero-order chi connectivity index (χ0) is 18.1. The highest BCUT2D eigenvalue weighted by Crippen LogP contribution is 2.39. The molecular formula is C18H27N3O3. The minimum atomic E-state index is -1.01. The molecule has 1 aliphatic rings. The number of likely N-dealkylation sites (N-methyl/N-ethyl adjacent to an activating group) is 1. The number of hydrogen-bond donors (Lipinski definition) is 1. The Hall–Kier alpha value is -2.08. The molecule has 2 N–H and O–H groups in total. The van der Waals surface area contributed by atoms with Gasteiger partial charge in [0.25, 0.3) is 5.91 Å². The standard InChI is InChI=1S/C18H27N3O3/c1-6-20(7-2)16(22)11-21-14-10-13(12(3)19)8-9-15(14)24-18(4,5)17(21)23/h8-10,12H,6-7,11,19H2,1-5H3. The fourth-order valence-corrected chi connectivity index (χ4v) is 2.84. The number of benzene rings is 1. The number of fused-ring (bicyclic) bond motifs is 1. The fraction of sp³-hybridized carbons (Fsp3) is 0.556. The van der Waals surface area contributed by atoms with Crippen LogP contribution in [0.25, 0.3) is 0 Å². The van der Waals surface area contributed by atoms with E-state index >= 15 is 0 Å². The van der Waals surface area contributed by atoms with Crippen molar-refractivity contribution in [2.45, 2.75) is 46.3 Å². The second-order valence-electron chi connectivity index (χ2n) is 6.59. The van der Waals surface area contributed by atoms with E-state index in [1.165, 1.54) is 4.90 Å². The zero-order valence-electron chi connectivity index (χ0n) is 15.1. The number of hydrogen-bond acceptors (Lipinski definition) is 4. The molecule has 2 rings (SSSR count). The van der Waals surface area contributed by atoms with Gasteiger partial charge >= 0.3 is 0 Å². The van der Waals surface area contributed by atoms with Crippen LogP contribution in [0.5, 0.6) is 5.75 Å². The molecule has 1 unspecified atom stereocenters. The fourth-order valence-electron chi connectivity index (χ4n) is 2.84. The highest BCUT2D eigenvalue weighted by Gasteiger charge is 2.42. The van der Waals surface area contributed by atoms with Gasteiger partial charge in [0.05, 0.1) is 5.69 Å². The maximum absolute atomic E-state index is 12.8. The average Bonchev–Trinajstić information content (AvgIpc) is 2.52. The van der Waals surface area contributed by atoms with Gasteiger partial charge in [0.1, 0.15) is 12.3 Å². The van der Waals surface area contributed by atoms with Crippen molar-refractivity contribution < 1.29 is 14.3 Å². The molecule has 24 heavy (non-hydrogen) atoms. The topological polar surface area (TPSA) is 75.9 Å². The van der Waals surface area contributed by atoms with Gasteiger partial charge in [-0.3, -0.25) is 14.5 Å². The Morgan fingerprint density at radius 1 is 1.33 bits per heavy atom. The molecule has 0 aliphatic carbocycles. The maximum atomic E-state index is 12.8. The lowest BCUT2D eigenvalue weighted by molar-refractivity contribution is -0.136. The van der Waals surface area contributed by atoms with E-state index in [0.29, 0.717) is 24.5 Å². The van der Waals surface area contributed by atoms with Crippen LogP contribution in [0.1, 0.15) is 46.2 Å². The Morgan fingerprint density at radius 2 is 1.96 bits per heavy atom. The minimum Gasteiger partial charge on any atom is -0.476 e. The van der Waals surface area contributed by atoms with E-state index in [1.807, 2.05) is 39.0 Å². The zero-order valence-corrected chi connectivity index (χ0v) is 15.1. The van der Waals surface area contributed by atoms with Crippen molar-refractivity contribution in [3.05, 3.63) is 23.8 Å². The van der Waals surface area contributed by atoms with E-state index in [4.69, 9.17) is 10.5 Å².